The van der Waals surface area contributed by atoms with Gasteiger partial charge in [0, 0.05) is 24.4 Å². The Kier molecular flexibility index (Phi) is 7.39. The predicted octanol–water partition coefficient (Wildman–Crippen LogP) is 3.99. The monoisotopic (exact) mass is 439 g/mol. The highest BCUT2D eigenvalue weighted by molar-refractivity contribution is 7.99. The molecule has 0 spiro atoms. The first-order chi connectivity index (χ1) is 15.0. The SMILES string of the molecule is C=CCn1c(COc2cccc(C)c2)nnc1SCC(=O)Nc1cccc([N+](=O)[O-])c1. The molecule has 160 valence electrons. The number of nitrogens with zero attached hydrogens (tertiary/aromatic N) is 4. The van der Waals surface area contributed by atoms with Gasteiger partial charge in [0.1, 0.15) is 12.4 Å². The van der Waals surface area contributed by atoms with E-state index in [1.54, 1.807) is 12.1 Å². The molecule has 10 heteroatoms. The topological polar surface area (TPSA) is 112 Å². The summed E-state index contributed by atoms with van der Waals surface area (Å²) in [6.45, 7) is 6.44. The van der Waals surface area contributed by atoms with Crippen molar-refractivity contribution in [2.45, 2.75) is 25.2 Å². The summed E-state index contributed by atoms with van der Waals surface area (Å²) in [6, 6.07) is 13.5. The Balaban J connectivity index is 1.61. The second-order valence-electron chi connectivity index (χ2n) is 6.55. The van der Waals surface area contributed by atoms with Crippen LogP contribution in [0, 0.1) is 17.0 Å². The highest BCUT2D eigenvalue weighted by Gasteiger charge is 2.15. The average molecular weight is 439 g/mol. The summed E-state index contributed by atoms with van der Waals surface area (Å²) in [4.78, 5) is 22.6. The van der Waals surface area contributed by atoms with E-state index in [9.17, 15) is 14.9 Å². The summed E-state index contributed by atoms with van der Waals surface area (Å²) in [5.74, 6) is 1.11. The van der Waals surface area contributed by atoms with Crippen LogP contribution in [0.1, 0.15) is 11.4 Å². The highest BCUT2D eigenvalue weighted by atomic mass is 32.2. The van der Waals surface area contributed by atoms with Crippen LogP contribution in [-0.4, -0.2) is 31.3 Å². The Bertz CT molecular complexity index is 1100. The third-order valence-electron chi connectivity index (χ3n) is 4.14. The van der Waals surface area contributed by atoms with Gasteiger partial charge in [-0.3, -0.25) is 19.5 Å². The second-order valence-corrected chi connectivity index (χ2v) is 7.49. The highest BCUT2D eigenvalue weighted by Crippen LogP contribution is 2.21. The molecule has 0 saturated carbocycles. The van der Waals surface area contributed by atoms with Crippen molar-refractivity contribution in [2.24, 2.45) is 0 Å². The third-order valence-corrected chi connectivity index (χ3v) is 5.10. The molecule has 0 aliphatic heterocycles. The zero-order valence-electron chi connectivity index (χ0n) is 16.9. The van der Waals surface area contributed by atoms with Crippen LogP contribution in [0.4, 0.5) is 11.4 Å². The molecule has 0 atom stereocenters. The molecule has 0 aliphatic carbocycles. The first-order valence-electron chi connectivity index (χ1n) is 9.36. The minimum Gasteiger partial charge on any atom is -0.486 e. The van der Waals surface area contributed by atoms with Gasteiger partial charge in [-0.15, -0.1) is 16.8 Å². The molecule has 0 radical (unpaired) electrons. The summed E-state index contributed by atoms with van der Waals surface area (Å²) in [5.41, 5.74) is 1.37. The van der Waals surface area contributed by atoms with Gasteiger partial charge in [-0.25, -0.2) is 0 Å². The van der Waals surface area contributed by atoms with Gasteiger partial charge in [-0.2, -0.15) is 0 Å². The van der Waals surface area contributed by atoms with E-state index in [1.165, 1.54) is 30.0 Å². The Hall–Kier alpha value is -3.66. The van der Waals surface area contributed by atoms with E-state index in [1.807, 2.05) is 35.8 Å². The van der Waals surface area contributed by atoms with E-state index in [0.29, 0.717) is 23.2 Å². The maximum absolute atomic E-state index is 12.3. The zero-order valence-corrected chi connectivity index (χ0v) is 17.7. The van der Waals surface area contributed by atoms with Crippen molar-refractivity contribution in [3.8, 4) is 5.75 Å². The van der Waals surface area contributed by atoms with Crippen molar-refractivity contribution in [3.05, 3.63) is 82.7 Å². The molecule has 1 heterocycles. The lowest BCUT2D eigenvalue weighted by molar-refractivity contribution is -0.384. The van der Waals surface area contributed by atoms with Gasteiger partial charge in [0.2, 0.25) is 5.91 Å². The number of amides is 1. The molecular formula is C21H21N5O4S. The number of hydrogen-bond acceptors (Lipinski definition) is 7. The van der Waals surface area contributed by atoms with Gasteiger partial charge in [-0.1, -0.05) is 36.0 Å². The first-order valence-corrected chi connectivity index (χ1v) is 10.3. The normalized spacial score (nSPS) is 10.5. The number of ether oxygens (including phenoxy) is 1. The molecule has 1 amide bonds. The number of carbonyl (C=O) groups excluding carboxylic acids is 1. The number of rotatable bonds is 10. The van der Waals surface area contributed by atoms with Crippen molar-refractivity contribution < 1.29 is 14.5 Å². The Morgan fingerprint density at radius 2 is 2.10 bits per heavy atom. The molecule has 0 saturated heterocycles. The molecule has 9 nitrogen and oxygen atoms in total. The lowest BCUT2D eigenvalue weighted by atomic mass is 10.2. The maximum atomic E-state index is 12.3. The number of benzene rings is 2. The third kappa shape index (κ3) is 6.16. The van der Waals surface area contributed by atoms with Crippen LogP contribution >= 0.6 is 11.8 Å². The molecule has 3 aromatic rings. The van der Waals surface area contributed by atoms with E-state index in [2.05, 4.69) is 22.1 Å². The average Bonchev–Trinajstić information content (AvgIpc) is 3.13. The number of anilines is 1. The smallest absolute Gasteiger partial charge is 0.271 e. The predicted molar refractivity (Wildman–Crippen MR) is 118 cm³/mol. The van der Waals surface area contributed by atoms with Gasteiger partial charge < -0.3 is 10.1 Å². The summed E-state index contributed by atoms with van der Waals surface area (Å²) < 4.78 is 7.63. The van der Waals surface area contributed by atoms with Crippen LogP contribution in [0.15, 0.2) is 66.3 Å². The summed E-state index contributed by atoms with van der Waals surface area (Å²) in [6.07, 6.45) is 1.72. The second kappa shape index (κ2) is 10.4. The quantitative estimate of drug-likeness (QED) is 0.220. The van der Waals surface area contributed by atoms with Crippen LogP contribution < -0.4 is 10.1 Å². The van der Waals surface area contributed by atoms with Gasteiger partial charge in [-0.05, 0) is 30.7 Å². The van der Waals surface area contributed by atoms with E-state index in [4.69, 9.17) is 4.74 Å². The van der Waals surface area contributed by atoms with Crippen LogP contribution in [0.3, 0.4) is 0 Å². The lowest BCUT2D eigenvalue weighted by Crippen LogP contribution is -2.15. The number of nitro groups is 1. The number of allylic oxidation sites excluding steroid dienone is 1. The van der Waals surface area contributed by atoms with E-state index >= 15 is 0 Å². The molecule has 31 heavy (non-hydrogen) atoms. The summed E-state index contributed by atoms with van der Waals surface area (Å²) in [7, 11) is 0. The maximum Gasteiger partial charge on any atom is 0.271 e. The molecule has 1 aromatic heterocycles. The largest absolute Gasteiger partial charge is 0.486 e. The Labute approximate surface area is 183 Å². The number of aromatic nitrogens is 3. The fraction of sp³-hybridized carbons (Fsp3) is 0.190. The Morgan fingerprint density at radius 1 is 1.29 bits per heavy atom. The number of carbonyl (C=O) groups is 1. The molecule has 0 bridgehead atoms. The summed E-state index contributed by atoms with van der Waals surface area (Å²) >= 11 is 1.21. The summed E-state index contributed by atoms with van der Waals surface area (Å²) in [5, 5.41) is 22.4. The standard InChI is InChI=1S/C21H21N5O4S/c1-3-10-25-19(13-30-18-9-4-6-15(2)11-18)23-24-21(25)31-14-20(27)22-16-7-5-8-17(12-16)26(28)29/h3-9,11-12H,1,10,13-14H2,2H3,(H,22,27). The van der Waals surface area contributed by atoms with Crippen molar-refractivity contribution in [1.82, 2.24) is 14.8 Å². The number of nitro benzene ring substituents is 1. The molecule has 0 aliphatic rings. The number of non-ortho nitro benzene ring substituents is 1. The fourth-order valence-corrected chi connectivity index (χ4v) is 3.49. The zero-order chi connectivity index (χ0) is 22.2. The minimum absolute atomic E-state index is 0.0662. The number of hydrogen-bond donors (Lipinski definition) is 1. The number of nitrogens with one attached hydrogen (secondary N) is 1. The minimum atomic E-state index is -0.511. The van der Waals surface area contributed by atoms with E-state index in [-0.39, 0.29) is 24.0 Å². The molecule has 3 rings (SSSR count). The van der Waals surface area contributed by atoms with Gasteiger partial charge in [0.05, 0.1) is 10.7 Å². The molecular weight excluding hydrogens is 418 g/mol. The van der Waals surface area contributed by atoms with Crippen molar-refractivity contribution in [1.29, 1.82) is 0 Å². The van der Waals surface area contributed by atoms with Crippen molar-refractivity contribution in [2.75, 3.05) is 11.1 Å². The number of thioether (sulfide) groups is 1. The van der Waals surface area contributed by atoms with Crippen molar-refractivity contribution >= 4 is 29.0 Å². The van der Waals surface area contributed by atoms with E-state index < -0.39 is 4.92 Å². The van der Waals surface area contributed by atoms with E-state index in [0.717, 1.165) is 11.3 Å². The lowest BCUT2D eigenvalue weighted by Gasteiger charge is -2.09. The molecule has 2 aromatic carbocycles. The van der Waals surface area contributed by atoms with Crippen molar-refractivity contribution in [3.63, 3.8) is 0 Å². The molecule has 1 N–H and O–H groups in total. The Morgan fingerprint density at radius 3 is 2.84 bits per heavy atom. The first kappa shape index (κ1) is 22.0. The fourth-order valence-electron chi connectivity index (χ4n) is 2.72. The van der Waals surface area contributed by atoms with Gasteiger partial charge in [0.15, 0.2) is 11.0 Å². The molecule has 0 unspecified atom stereocenters. The van der Waals surface area contributed by atoms with Gasteiger partial charge in [0.25, 0.3) is 5.69 Å². The van der Waals surface area contributed by atoms with Gasteiger partial charge >= 0.3 is 0 Å². The number of aryl methyl sites for hydroxylation is 1. The molecule has 0 fully saturated rings. The van der Waals surface area contributed by atoms with Crippen LogP contribution in [0.25, 0.3) is 0 Å². The van der Waals surface area contributed by atoms with Crippen LogP contribution in [0.2, 0.25) is 0 Å². The van der Waals surface area contributed by atoms with Crippen LogP contribution in [-0.2, 0) is 17.9 Å². The van der Waals surface area contributed by atoms with Crippen LogP contribution in [0.5, 0.6) is 5.75 Å².